The molecule has 1 amide bonds. The zero-order valence-electron chi connectivity index (χ0n) is 20.3. The number of thioether (sulfide) groups is 1. The van der Waals surface area contributed by atoms with E-state index < -0.39 is 5.92 Å². The van der Waals surface area contributed by atoms with E-state index in [1.54, 1.807) is 17.0 Å². The van der Waals surface area contributed by atoms with Crippen molar-refractivity contribution in [2.75, 3.05) is 16.0 Å². The molecule has 0 fully saturated rings. The van der Waals surface area contributed by atoms with Crippen LogP contribution in [0, 0.1) is 18.3 Å². The van der Waals surface area contributed by atoms with E-state index in [0.29, 0.717) is 50.7 Å². The molecule has 192 valence electrons. The van der Waals surface area contributed by atoms with E-state index in [1.165, 1.54) is 29.3 Å². The molecule has 3 heterocycles. The van der Waals surface area contributed by atoms with E-state index in [-0.39, 0.29) is 23.3 Å². The highest BCUT2D eigenvalue weighted by Crippen LogP contribution is 2.47. The number of carbonyl (C=O) groups is 2. The van der Waals surface area contributed by atoms with Gasteiger partial charge in [0.25, 0.3) is 0 Å². The number of carbonyl (C=O) groups excluding carboxylic acids is 2. The Labute approximate surface area is 232 Å². The van der Waals surface area contributed by atoms with Gasteiger partial charge >= 0.3 is 0 Å². The average Bonchev–Trinajstić information content (AvgIpc) is 3.37. The Morgan fingerprint density at radius 1 is 1.29 bits per heavy atom. The van der Waals surface area contributed by atoms with Crippen LogP contribution in [-0.2, 0) is 9.59 Å². The summed E-state index contributed by atoms with van der Waals surface area (Å²) < 4.78 is 0.552. The molecule has 9 nitrogen and oxygen atoms in total. The van der Waals surface area contributed by atoms with Crippen LogP contribution >= 0.6 is 34.7 Å². The molecule has 5 rings (SSSR count). The number of rotatable bonds is 6. The smallest absolute Gasteiger partial charge is 0.235 e. The summed E-state index contributed by atoms with van der Waals surface area (Å²) in [6.07, 6.45) is 3.18. The van der Waals surface area contributed by atoms with Crippen LogP contribution in [0.3, 0.4) is 0 Å². The van der Waals surface area contributed by atoms with Gasteiger partial charge in [-0.15, -0.1) is 10.2 Å². The van der Waals surface area contributed by atoms with Crippen molar-refractivity contribution in [1.29, 1.82) is 5.26 Å². The summed E-state index contributed by atoms with van der Waals surface area (Å²) in [6.45, 7) is 1.97. The maximum absolute atomic E-state index is 13.3. The number of halogens is 1. The number of benzene rings is 1. The van der Waals surface area contributed by atoms with Crippen molar-refractivity contribution in [2.24, 2.45) is 5.73 Å². The van der Waals surface area contributed by atoms with Crippen LogP contribution in [0.25, 0.3) is 0 Å². The Morgan fingerprint density at radius 3 is 2.84 bits per heavy atom. The number of nitriles is 1. The van der Waals surface area contributed by atoms with Crippen molar-refractivity contribution in [3.05, 3.63) is 81.4 Å². The SMILES string of the molecule is Cc1ccccc1C1C(C#N)=C(N)N(c2nnc(SCC(=O)Nc3ccc(Cl)cn3)s2)C2=C1C(=O)CCC2. The summed E-state index contributed by atoms with van der Waals surface area (Å²) in [5, 5.41) is 22.3. The molecule has 1 aromatic carbocycles. The van der Waals surface area contributed by atoms with E-state index in [1.807, 2.05) is 31.2 Å². The molecule has 12 heteroatoms. The van der Waals surface area contributed by atoms with Gasteiger partial charge in [-0.05, 0) is 43.0 Å². The zero-order valence-corrected chi connectivity index (χ0v) is 22.7. The summed E-state index contributed by atoms with van der Waals surface area (Å²) in [4.78, 5) is 31.4. The highest BCUT2D eigenvalue weighted by molar-refractivity contribution is 8.01. The third-order valence-electron chi connectivity index (χ3n) is 6.32. The third kappa shape index (κ3) is 5.03. The second-order valence-electron chi connectivity index (χ2n) is 8.72. The first-order chi connectivity index (χ1) is 18.4. The van der Waals surface area contributed by atoms with Gasteiger partial charge in [0.2, 0.25) is 11.0 Å². The molecule has 2 aliphatic rings. The molecular formula is C26H22ClN7O2S2. The topological polar surface area (TPSA) is 138 Å². The van der Waals surface area contributed by atoms with Gasteiger partial charge in [0.1, 0.15) is 11.6 Å². The Morgan fingerprint density at radius 2 is 2.11 bits per heavy atom. The van der Waals surface area contributed by atoms with Crippen molar-refractivity contribution in [3.8, 4) is 6.07 Å². The first-order valence-electron chi connectivity index (χ1n) is 11.8. The number of nitrogens with one attached hydrogen (secondary N) is 1. The second-order valence-corrected chi connectivity index (χ2v) is 11.3. The maximum atomic E-state index is 13.3. The fourth-order valence-electron chi connectivity index (χ4n) is 4.63. The van der Waals surface area contributed by atoms with Gasteiger partial charge in [0.05, 0.1) is 28.3 Å². The summed E-state index contributed by atoms with van der Waals surface area (Å²) in [6, 6.07) is 13.3. The van der Waals surface area contributed by atoms with Crippen molar-refractivity contribution in [3.63, 3.8) is 0 Å². The fraction of sp³-hybridized carbons (Fsp3) is 0.231. The molecular weight excluding hydrogens is 542 g/mol. The molecule has 1 atom stereocenters. The molecule has 1 aliphatic carbocycles. The average molecular weight is 564 g/mol. The lowest BCUT2D eigenvalue weighted by atomic mass is 9.75. The monoisotopic (exact) mass is 563 g/mol. The van der Waals surface area contributed by atoms with E-state index in [4.69, 9.17) is 17.3 Å². The normalized spacial score (nSPS) is 17.3. The van der Waals surface area contributed by atoms with Crippen LogP contribution in [0.5, 0.6) is 0 Å². The van der Waals surface area contributed by atoms with Crippen LogP contribution < -0.4 is 16.0 Å². The Balaban J connectivity index is 1.42. The number of hydrogen-bond acceptors (Lipinski definition) is 10. The van der Waals surface area contributed by atoms with Crippen LogP contribution in [0.15, 0.2) is 69.6 Å². The number of aryl methyl sites for hydroxylation is 1. The predicted octanol–water partition coefficient (Wildman–Crippen LogP) is 4.93. The first kappa shape index (κ1) is 25.9. The first-order valence-corrected chi connectivity index (χ1v) is 13.9. The molecule has 38 heavy (non-hydrogen) atoms. The molecule has 0 saturated heterocycles. The minimum Gasteiger partial charge on any atom is -0.384 e. The van der Waals surface area contributed by atoms with Gasteiger partial charge in [-0.25, -0.2) is 4.98 Å². The highest BCUT2D eigenvalue weighted by Gasteiger charge is 2.41. The number of hydrogen-bond donors (Lipinski definition) is 2. The highest BCUT2D eigenvalue weighted by atomic mass is 35.5. The van der Waals surface area contributed by atoms with Crippen molar-refractivity contribution >= 4 is 57.3 Å². The number of anilines is 2. The molecule has 0 saturated carbocycles. The third-order valence-corrected chi connectivity index (χ3v) is 8.59. The molecule has 0 bridgehead atoms. The maximum Gasteiger partial charge on any atom is 0.235 e. The van der Waals surface area contributed by atoms with Gasteiger partial charge in [-0.3, -0.25) is 14.5 Å². The molecule has 2 aromatic heterocycles. The number of amides is 1. The molecule has 0 spiro atoms. The summed E-state index contributed by atoms with van der Waals surface area (Å²) >= 11 is 8.30. The molecule has 0 radical (unpaired) electrons. The van der Waals surface area contributed by atoms with Crippen LogP contribution in [-0.4, -0.2) is 32.6 Å². The number of Topliss-reactive ketones (excluding diaryl/α,β-unsaturated/α-hetero) is 1. The van der Waals surface area contributed by atoms with E-state index in [9.17, 15) is 14.9 Å². The van der Waals surface area contributed by atoms with Crippen molar-refractivity contribution < 1.29 is 9.59 Å². The van der Waals surface area contributed by atoms with Crippen LogP contribution in [0.1, 0.15) is 36.3 Å². The molecule has 3 N–H and O–H groups in total. The Hall–Kier alpha value is -3.72. The van der Waals surface area contributed by atoms with E-state index >= 15 is 0 Å². The Bertz CT molecular complexity index is 1520. The molecule has 1 aliphatic heterocycles. The van der Waals surface area contributed by atoms with Gasteiger partial charge in [-0.2, -0.15) is 5.26 Å². The minimum absolute atomic E-state index is 0.0105. The number of aromatic nitrogens is 3. The number of nitrogens with zero attached hydrogens (tertiary/aromatic N) is 5. The zero-order chi connectivity index (χ0) is 26.8. The molecule has 1 unspecified atom stereocenters. The van der Waals surface area contributed by atoms with Crippen molar-refractivity contribution in [2.45, 2.75) is 36.4 Å². The lowest BCUT2D eigenvalue weighted by molar-refractivity contribution is -0.116. The van der Waals surface area contributed by atoms with Gasteiger partial charge < -0.3 is 11.1 Å². The van der Waals surface area contributed by atoms with E-state index in [0.717, 1.165) is 16.8 Å². The van der Waals surface area contributed by atoms with Crippen LogP contribution in [0.2, 0.25) is 5.02 Å². The fourth-order valence-corrected chi connectivity index (χ4v) is 6.43. The number of pyridine rings is 1. The van der Waals surface area contributed by atoms with Gasteiger partial charge in [-0.1, -0.05) is 59.0 Å². The number of nitrogens with two attached hydrogens (primary N) is 1. The predicted molar refractivity (Wildman–Crippen MR) is 148 cm³/mol. The van der Waals surface area contributed by atoms with E-state index in [2.05, 4.69) is 26.6 Å². The lowest BCUT2D eigenvalue weighted by Gasteiger charge is -2.38. The van der Waals surface area contributed by atoms with Gasteiger partial charge in [0.15, 0.2) is 10.1 Å². The number of ketones is 1. The summed E-state index contributed by atoms with van der Waals surface area (Å²) in [7, 11) is 0. The minimum atomic E-state index is -0.521. The molecule has 3 aromatic rings. The second kappa shape index (κ2) is 10.9. The van der Waals surface area contributed by atoms with Crippen LogP contribution in [0.4, 0.5) is 10.9 Å². The summed E-state index contributed by atoms with van der Waals surface area (Å²) in [5.74, 6) is -0.0281. The quantitative estimate of drug-likeness (QED) is 0.400. The van der Waals surface area contributed by atoms with Crippen molar-refractivity contribution in [1.82, 2.24) is 15.2 Å². The summed E-state index contributed by atoms with van der Waals surface area (Å²) in [5.41, 5.74) is 10.2. The lowest BCUT2D eigenvalue weighted by Crippen LogP contribution is -2.38. The van der Waals surface area contributed by atoms with Gasteiger partial charge in [0, 0.05) is 23.9 Å². The number of allylic oxidation sites excluding steroid dienone is 3. The standard InChI is InChI=1S/C26H22ClN7O2S2/c1-14-5-2-3-6-16(14)22-17(11-28)24(29)34(18-7-4-8-19(35)23(18)22)25-32-33-26(38-25)37-13-21(36)31-20-10-9-15(27)12-30-20/h2-3,5-6,9-10,12,22H,4,7-8,13,29H2,1H3,(H,30,31,36). The Kier molecular flexibility index (Phi) is 7.46. The largest absolute Gasteiger partial charge is 0.384 e.